The maximum Gasteiger partial charge on any atom is 0.206 e. The van der Waals surface area contributed by atoms with Crippen LogP contribution in [0.2, 0.25) is 10.0 Å². The van der Waals surface area contributed by atoms with Crippen LogP contribution in [0, 0.1) is 5.41 Å². The molecule has 0 radical (unpaired) electrons. The molecule has 0 atom stereocenters. The van der Waals surface area contributed by atoms with Crippen molar-refractivity contribution in [2.24, 2.45) is 10.8 Å². The third-order valence-corrected chi connectivity index (χ3v) is 2.11. The van der Waals surface area contributed by atoms with Gasteiger partial charge >= 0.3 is 0 Å². The summed E-state index contributed by atoms with van der Waals surface area (Å²) in [5, 5.41) is 11.3. The van der Waals surface area contributed by atoms with Gasteiger partial charge in [0.1, 0.15) is 0 Å². The number of nitrogen functional groups attached to an aromatic ring is 1. The highest BCUT2D eigenvalue weighted by atomic mass is 35.5. The molecule has 0 fully saturated rings. The maximum absolute atomic E-state index is 6.87. The predicted molar refractivity (Wildman–Crippen MR) is 78.0 cm³/mol. The molecule has 1 aromatic carbocycles. The summed E-state index contributed by atoms with van der Waals surface area (Å²) in [7, 11) is 0. The lowest BCUT2D eigenvalue weighted by atomic mass is 10.2. The zero-order valence-electron chi connectivity index (χ0n) is 8.41. The molecule has 0 aromatic heterocycles. The molecule has 0 bridgehead atoms. The molecule has 0 aliphatic rings. The number of nitrogens with zero attached hydrogens (tertiary/aromatic N) is 1. The van der Waals surface area contributed by atoms with Gasteiger partial charge in [-0.2, -0.15) is 5.10 Å². The number of nitrogens with one attached hydrogen (secondary N) is 2. The summed E-state index contributed by atoms with van der Waals surface area (Å²) in [4.78, 5) is 0. The second kappa shape index (κ2) is 8.25. The summed E-state index contributed by atoms with van der Waals surface area (Å²) in [6.07, 6.45) is 1.37. The van der Waals surface area contributed by atoms with Crippen molar-refractivity contribution >= 4 is 65.9 Å². The minimum absolute atomic E-state index is 0. The molecule has 0 spiro atoms. The van der Waals surface area contributed by atoms with E-state index in [1.165, 1.54) is 6.21 Å². The molecule has 0 saturated carbocycles. The van der Waals surface area contributed by atoms with Gasteiger partial charge in [0, 0.05) is 11.3 Å². The normalized spacial score (nSPS) is 9.29. The highest BCUT2D eigenvalue weighted by molar-refractivity contribution is 6.39. The summed E-state index contributed by atoms with van der Waals surface area (Å²) < 4.78 is 0. The van der Waals surface area contributed by atoms with Crippen LogP contribution >= 0.6 is 48.0 Å². The number of nitrogens with two attached hydrogens (primary N) is 2. The van der Waals surface area contributed by atoms with Crippen LogP contribution in [0.3, 0.4) is 0 Å². The van der Waals surface area contributed by atoms with Crippen molar-refractivity contribution in [2.75, 3.05) is 5.73 Å². The number of halogens is 4. The topological polar surface area (TPSA) is 100 Å². The lowest BCUT2D eigenvalue weighted by Gasteiger charge is -2.03. The summed E-state index contributed by atoms with van der Waals surface area (Å²) in [6, 6.07) is 3.12. The Bertz CT molecular complexity index is 397. The zero-order valence-corrected chi connectivity index (χ0v) is 11.6. The van der Waals surface area contributed by atoms with E-state index >= 15 is 0 Å². The Hall–Kier alpha value is -0.880. The summed E-state index contributed by atoms with van der Waals surface area (Å²) in [6.45, 7) is 0. The molecule has 1 rings (SSSR count). The van der Waals surface area contributed by atoms with E-state index < -0.39 is 0 Å². The minimum Gasteiger partial charge on any atom is -0.399 e. The summed E-state index contributed by atoms with van der Waals surface area (Å²) in [5.74, 6) is -0.270. The Morgan fingerprint density at radius 2 is 1.76 bits per heavy atom. The number of hydrogen-bond donors (Lipinski definition) is 4. The van der Waals surface area contributed by atoms with Crippen LogP contribution in [0.15, 0.2) is 17.2 Å². The monoisotopic (exact) mass is 317 g/mol. The Balaban J connectivity index is 0. The minimum atomic E-state index is -0.270. The van der Waals surface area contributed by atoms with Crippen LogP contribution in [0.5, 0.6) is 0 Å². The lowest BCUT2D eigenvalue weighted by Crippen LogP contribution is -2.25. The molecular formula is C8H11Cl4N5. The molecule has 96 valence electrons. The summed E-state index contributed by atoms with van der Waals surface area (Å²) in [5.41, 5.74) is 13.8. The average Bonchev–Trinajstić information content (AvgIpc) is 2.08. The SMILES string of the molecule is Cl.Cl.N=C(N)N/N=C/c1c(Cl)cc(N)cc1Cl. The first-order valence-electron chi connectivity index (χ1n) is 3.88. The van der Waals surface area contributed by atoms with Gasteiger partial charge in [-0.3, -0.25) is 5.41 Å². The van der Waals surface area contributed by atoms with Crippen LogP contribution in [0.1, 0.15) is 5.56 Å². The Morgan fingerprint density at radius 1 is 1.29 bits per heavy atom. The molecule has 0 saturated heterocycles. The quantitative estimate of drug-likeness (QED) is 0.291. The molecular weight excluding hydrogens is 308 g/mol. The van der Waals surface area contributed by atoms with Crippen LogP contribution in [-0.2, 0) is 0 Å². The van der Waals surface area contributed by atoms with Gasteiger partial charge in [-0.1, -0.05) is 23.2 Å². The second-order valence-corrected chi connectivity index (χ2v) is 3.50. The molecule has 0 unspecified atom stereocenters. The van der Waals surface area contributed by atoms with Gasteiger partial charge in [-0.15, -0.1) is 24.8 Å². The van der Waals surface area contributed by atoms with Crippen molar-refractivity contribution in [3.8, 4) is 0 Å². The van der Waals surface area contributed by atoms with E-state index in [1.807, 2.05) is 0 Å². The third kappa shape index (κ3) is 5.83. The van der Waals surface area contributed by atoms with Gasteiger partial charge in [0.05, 0.1) is 16.3 Å². The highest BCUT2D eigenvalue weighted by Crippen LogP contribution is 2.25. The van der Waals surface area contributed by atoms with E-state index in [-0.39, 0.29) is 30.8 Å². The van der Waals surface area contributed by atoms with Crippen molar-refractivity contribution < 1.29 is 0 Å². The van der Waals surface area contributed by atoms with E-state index in [9.17, 15) is 0 Å². The average molecular weight is 319 g/mol. The fraction of sp³-hybridized carbons (Fsp3) is 0. The molecule has 1 aromatic rings. The Labute approximate surface area is 121 Å². The zero-order chi connectivity index (χ0) is 11.4. The first-order chi connectivity index (χ1) is 7.00. The smallest absolute Gasteiger partial charge is 0.206 e. The predicted octanol–water partition coefficient (Wildman–Crippen LogP) is 2.24. The van der Waals surface area contributed by atoms with E-state index in [1.54, 1.807) is 12.1 Å². The Morgan fingerprint density at radius 3 is 2.18 bits per heavy atom. The molecule has 9 heteroatoms. The number of anilines is 1. The molecule has 0 aliphatic carbocycles. The largest absolute Gasteiger partial charge is 0.399 e. The number of hydrogen-bond acceptors (Lipinski definition) is 3. The van der Waals surface area contributed by atoms with Gasteiger partial charge in [-0.25, -0.2) is 5.43 Å². The lowest BCUT2D eigenvalue weighted by molar-refractivity contribution is 1.00. The Kier molecular flexibility index (Phi) is 8.97. The molecule has 6 N–H and O–H groups in total. The molecule has 0 amide bonds. The van der Waals surface area contributed by atoms with Crippen LogP contribution in [0.4, 0.5) is 5.69 Å². The number of guanidine groups is 1. The van der Waals surface area contributed by atoms with Crippen LogP contribution in [0.25, 0.3) is 0 Å². The number of benzene rings is 1. The van der Waals surface area contributed by atoms with Crippen molar-refractivity contribution in [1.29, 1.82) is 5.41 Å². The van der Waals surface area contributed by atoms with E-state index in [2.05, 4.69) is 10.5 Å². The van der Waals surface area contributed by atoms with Gasteiger partial charge < -0.3 is 11.5 Å². The summed E-state index contributed by atoms with van der Waals surface area (Å²) >= 11 is 11.8. The first kappa shape index (κ1) is 18.5. The molecule has 0 aliphatic heterocycles. The number of rotatable bonds is 2. The van der Waals surface area contributed by atoms with Gasteiger partial charge in [-0.05, 0) is 12.1 Å². The molecule has 17 heavy (non-hydrogen) atoms. The first-order valence-corrected chi connectivity index (χ1v) is 4.64. The highest BCUT2D eigenvalue weighted by Gasteiger charge is 2.04. The van der Waals surface area contributed by atoms with Gasteiger partial charge in [0.25, 0.3) is 0 Å². The molecule has 0 heterocycles. The third-order valence-electron chi connectivity index (χ3n) is 1.48. The van der Waals surface area contributed by atoms with Gasteiger partial charge in [0.2, 0.25) is 5.96 Å². The van der Waals surface area contributed by atoms with E-state index in [4.69, 9.17) is 40.1 Å². The number of hydrazone groups is 1. The molecule has 5 nitrogen and oxygen atoms in total. The second-order valence-electron chi connectivity index (χ2n) is 2.68. The van der Waals surface area contributed by atoms with Gasteiger partial charge in [0.15, 0.2) is 0 Å². The standard InChI is InChI=1S/C8H9Cl2N5.2ClH/c9-6-1-4(11)2-7(10)5(6)3-14-15-8(12)13;;/h1-3H,11H2,(H4,12,13,15);2*1H/b14-3+;;. The van der Waals surface area contributed by atoms with Crippen molar-refractivity contribution in [3.05, 3.63) is 27.7 Å². The fourth-order valence-electron chi connectivity index (χ4n) is 0.894. The van der Waals surface area contributed by atoms with Crippen LogP contribution < -0.4 is 16.9 Å². The van der Waals surface area contributed by atoms with Crippen molar-refractivity contribution in [1.82, 2.24) is 5.43 Å². The maximum atomic E-state index is 6.87. The van der Waals surface area contributed by atoms with Crippen molar-refractivity contribution in [2.45, 2.75) is 0 Å². The fourth-order valence-corrected chi connectivity index (χ4v) is 1.50. The van der Waals surface area contributed by atoms with E-state index in [0.717, 1.165) is 0 Å². The van der Waals surface area contributed by atoms with Crippen molar-refractivity contribution in [3.63, 3.8) is 0 Å². The van der Waals surface area contributed by atoms with E-state index in [0.29, 0.717) is 21.3 Å². The van der Waals surface area contributed by atoms with Crippen LogP contribution in [-0.4, -0.2) is 12.2 Å².